The minimum absolute atomic E-state index is 0.388. The second-order valence-corrected chi connectivity index (χ2v) is 5.65. The summed E-state index contributed by atoms with van der Waals surface area (Å²) in [6.45, 7) is 5.21. The van der Waals surface area contributed by atoms with E-state index in [1.165, 1.54) is 11.3 Å². The van der Waals surface area contributed by atoms with Crippen LogP contribution in [0.2, 0.25) is 0 Å². The first-order valence-corrected chi connectivity index (χ1v) is 6.93. The number of hydrogen-bond acceptors (Lipinski definition) is 5. The fourth-order valence-corrected chi connectivity index (χ4v) is 3.15. The number of methoxy groups -OCH3 is 1. The van der Waals surface area contributed by atoms with E-state index in [4.69, 9.17) is 4.74 Å². The summed E-state index contributed by atoms with van der Waals surface area (Å²) in [6, 6.07) is 0.388. The van der Waals surface area contributed by atoms with Gasteiger partial charge in [-0.25, -0.2) is 4.98 Å². The van der Waals surface area contributed by atoms with Crippen molar-refractivity contribution in [3.8, 4) is 0 Å². The smallest absolute Gasteiger partial charge is 0.185 e. The van der Waals surface area contributed by atoms with Crippen LogP contribution in [0.15, 0.2) is 6.20 Å². The molecule has 0 amide bonds. The summed E-state index contributed by atoms with van der Waals surface area (Å²) in [5.74, 6) is 0.661. The van der Waals surface area contributed by atoms with Gasteiger partial charge in [0, 0.05) is 43.2 Å². The highest BCUT2D eigenvalue weighted by atomic mass is 32.1. The first-order valence-electron chi connectivity index (χ1n) is 6.11. The van der Waals surface area contributed by atoms with Crippen LogP contribution in [-0.2, 0) is 4.74 Å². The highest BCUT2D eigenvalue weighted by Crippen LogP contribution is 2.30. The summed E-state index contributed by atoms with van der Waals surface area (Å²) in [5.41, 5.74) is 0. The van der Waals surface area contributed by atoms with Crippen LogP contribution in [0, 0.1) is 5.92 Å². The van der Waals surface area contributed by atoms with Crippen molar-refractivity contribution in [2.45, 2.75) is 19.4 Å². The number of aromatic nitrogens is 1. The van der Waals surface area contributed by atoms with Gasteiger partial charge in [-0.1, -0.05) is 0 Å². The summed E-state index contributed by atoms with van der Waals surface area (Å²) in [6.07, 6.45) is 3.20. The molecule has 0 bridgehead atoms. The number of nitrogens with zero attached hydrogens (tertiary/aromatic N) is 2. The summed E-state index contributed by atoms with van der Waals surface area (Å²) < 4.78 is 5.22. The first kappa shape index (κ1) is 12.8. The molecule has 2 heterocycles. The van der Waals surface area contributed by atoms with Crippen LogP contribution < -0.4 is 10.2 Å². The lowest BCUT2D eigenvalue weighted by Gasteiger charge is -2.14. The Morgan fingerprint density at radius 2 is 2.53 bits per heavy atom. The SMILES string of the molecule is CNC(C)c1cnc(N2CCC(COC)C2)s1. The number of thiazole rings is 1. The molecule has 1 saturated heterocycles. The average Bonchev–Trinajstić information content (AvgIpc) is 2.96. The van der Waals surface area contributed by atoms with E-state index in [0.717, 1.165) is 24.8 Å². The summed E-state index contributed by atoms with van der Waals surface area (Å²) in [7, 11) is 3.76. The first-order chi connectivity index (χ1) is 8.24. The molecule has 1 fully saturated rings. The summed E-state index contributed by atoms with van der Waals surface area (Å²) in [4.78, 5) is 8.20. The Balaban J connectivity index is 1.97. The molecule has 0 aliphatic carbocycles. The Kier molecular flexibility index (Phi) is 4.36. The van der Waals surface area contributed by atoms with Gasteiger partial charge in [-0.2, -0.15) is 0 Å². The molecule has 2 atom stereocenters. The largest absolute Gasteiger partial charge is 0.384 e. The fraction of sp³-hybridized carbons (Fsp3) is 0.750. The number of anilines is 1. The molecule has 17 heavy (non-hydrogen) atoms. The minimum Gasteiger partial charge on any atom is -0.384 e. The van der Waals surface area contributed by atoms with Gasteiger partial charge in [-0.15, -0.1) is 11.3 Å². The zero-order chi connectivity index (χ0) is 12.3. The van der Waals surface area contributed by atoms with Gasteiger partial charge in [0.1, 0.15) is 0 Å². The Morgan fingerprint density at radius 3 is 3.24 bits per heavy atom. The molecule has 2 unspecified atom stereocenters. The zero-order valence-corrected chi connectivity index (χ0v) is 11.6. The molecule has 0 spiro atoms. The van der Waals surface area contributed by atoms with Crippen LogP contribution in [0.3, 0.4) is 0 Å². The topological polar surface area (TPSA) is 37.4 Å². The Labute approximate surface area is 107 Å². The normalized spacial score (nSPS) is 22.1. The maximum atomic E-state index is 5.22. The fourth-order valence-electron chi connectivity index (χ4n) is 2.14. The number of ether oxygens (including phenoxy) is 1. The monoisotopic (exact) mass is 255 g/mol. The van der Waals surface area contributed by atoms with Crippen LogP contribution in [0.4, 0.5) is 5.13 Å². The van der Waals surface area contributed by atoms with Gasteiger partial charge in [0.05, 0.1) is 6.61 Å². The standard InChI is InChI=1S/C12H21N3OS/c1-9(13-2)11-6-14-12(17-11)15-5-4-10(7-15)8-16-3/h6,9-10,13H,4-5,7-8H2,1-3H3. The van der Waals surface area contributed by atoms with Crippen molar-refractivity contribution in [1.29, 1.82) is 0 Å². The molecule has 1 N–H and O–H groups in total. The van der Waals surface area contributed by atoms with Crippen molar-refractivity contribution in [3.63, 3.8) is 0 Å². The van der Waals surface area contributed by atoms with Crippen LogP contribution in [0.25, 0.3) is 0 Å². The van der Waals surface area contributed by atoms with Gasteiger partial charge in [-0.3, -0.25) is 0 Å². The Morgan fingerprint density at radius 1 is 1.71 bits per heavy atom. The highest BCUT2D eigenvalue weighted by molar-refractivity contribution is 7.15. The van der Waals surface area contributed by atoms with E-state index >= 15 is 0 Å². The second-order valence-electron chi connectivity index (χ2n) is 4.61. The lowest BCUT2D eigenvalue weighted by molar-refractivity contribution is 0.161. The highest BCUT2D eigenvalue weighted by Gasteiger charge is 2.24. The molecule has 2 rings (SSSR count). The predicted octanol–water partition coefficient (Wildman–Crippen LogP) is 1.90. The van der Waals surface area contributed by atoms with Crippen LogP contribution in [0.5, 0.6) is 0 Å². The molecule has 0 radical (unpaired) electrons. The van der Waals surface area contributed by atoms with Crippen molar-refractivity contribution >= 4 is 16.5 Å². The van der Waals surface area contributed by atoms with Gasteiger partial charge >= 0.3 is 0 Å². The van der Waals surface area contributed by atoms with Crippen molar-refractivity contribution in [2.24, 2.45) is 5.92 Å². The van der Waals surface area contributed by atoms with Crippen LogP contribution in [-0.4, -0.2) is 38.8 Å². The molecule has 5 heteroatoms. The van der Waals surface area contributed by atoms with Gasteiger partial charge < -0.3 is 15.0 Å². The lowest BCUT2D eigenvalue weighted by atomic mass is 10.1. The average molecular weight is 255 g/mol. The molecule has 0 saturated carbocycles. The third-order valence-corrected chi connectivity index (χ3v) is 4.57. The summed E-state index contributed by atoms with van der Waals surface area (Å²) in [5, 5.41) is 4.40. The van der Waals surface area contributed by atoms with Gasteiger partial charge in [0.2, 0.25) is 0 Å². The van der Waals surface area contributed by atoms with E-state index < -0.39 is 0 Å². The predicted molar refractivity (Wildman–Crippen MR) is 71.8 cm³/mol. The Bertz CT molecular complexity index is 355. The van der Waals surface area contributed by atoms with Gasteiger partial charge in [-0.05, 0) is 20.4 Å². The van der Waals surface area contributed by atoms with Crippen molar-refractivity contribution in [2.75, 3.05) is 38.8 Å². The van der Waals surface area contributed by atoms with Gasteiger partial charge in [0.25, 0.3) is 0 Å². The Hall–Kier alpha value is -0.650. The van der Waals surface area contributed by atoms with Crippen molar-refractivity contribution in [1.82, 2.24) is 10.3 Å². The quantitative estimate of drug-likeness (QED) is 0.872. The van der Waals surface area contributed by atoms with Crippen LogP contribution >= 0.6 is 11.3 Å². The molecule has 4 nitrogen and oxygen atoms in total. The molecule has 1 aromatic rings. The van der Waals surface area contributed by atoms with Crippen LogP contribution in [0.1, 0.15) is 24.3 Å². The maximum Gasteiger partial charge on any atom is 0.185 e. The van der Waals surface area contributed by atoms with Gasteiger partial charge in [0.15, 0.2) is 5.13 Å². The molecular formula is C12H21N3OS. The molecule has 0 aromatic carbocycles. The van der Waals surface area contributed by atoms with E-state index in [0.29, 0.717) is 12.0 Å². The number of nitrogens with one attached hydrogen (secondary N) is 1. The minimum atomic E-state index is 0.388. The second kappa shape index (κ2) is 5.80. The van der Waals surface area contributed by atoms with E-state index in [-0.39, 0.29) is 0 Å². The van der Waals surface area contributed by atoms with Crippen molar-refractivity contribution in [3.05, 3.63) is 11.1 Å². The number of hydrogen-bond donors (Lipinski definition) is 1. The molecule has 1 aliphatic rings. The summed E-state index contributed by atoms with van der Waals surface area (Å²) >= 11 is 1.79. The third-order valence-electron chi connectivity index (χ3n) is 3.33. The van der Waals surface area contributed by atoms with E-state index in [2.05, 4.69) is 22.1 Å². The molecule has 96 valence electrons. The van der Waals surface area contributed by atoms with Crippen molar-refractivity contribution < 1.29 is 4.74 Å². The zero-order valence-electron chi connectivity index (χ0n) is 10.8. The third kappa shape index (κ3) is 2.97. The number of rotatable bonds is 5. The van der Waals surface area contributed by atoms with E-state index in [9.17, 15) is 0 Å². The molecule has 1 aromatic heterocycles. The maximum absolute atomic E-state index is 5.22. The van der Waals surface area contributed by atoms with E-state index in [1.54, 1.807) is 18.4 Å². The molecule has 1 aliphatic heterocycles. The molecular weight excluding hydrogens is 234 g/mol. The lowest BCUT2D eigenvalue weighted by Crippen LogP contribution is -2.20. The van der Waals surface area contributed by atoms with E-state index in [1.807, 2.05) is 13.2 Å².